The van der Waals surface area contributed by atoms with Crippen molar-refractivity contribution in [3.63, 3.8) is 0 Å². The molecule has 1 aliphatic heterocycles. The number of rotatable bonds is 8. The molecule has 0 aliphatic carbocycles. The van der Waals surface area contributed by atoms with Gasteiger partial charge >= 0.3 is 0 Å². The Morgan fingerprint density at radius 1 is 1.48 bits per heavy atom. The number of hydrogen-bond donors (Lipinski definition) is 2. The molecule has 2 aromatic heterocycles. The Hall–Kier alpha value is -1.73. The number of aryl methyl sites for hydroxylation is 1. The third-order valence-corrected chi connectivity index (χ3v) is 5.44. The Morgan fingerprint density at radius 3 is 3.20 bits per heavy atom. The van der Waals surface area contributed by atoms with Crippen LogP contribution in [-0.4, -0.2) is 29.1 Å². The number of piperidine rings is 1. The van der Waals surface area contributed by atoms with Crippen LogP contribution in [-0.2, 0) is 17.6 Å². The fourth-order valence-corrected chi connectivity index (χ4v) is 3.91. The highest BCUT2D eigenvalue weighted by atomic mass is 32.1. The molecule has 1 saturated heterocycles. The summed E-state index contributed by atoms with van der Waals surface area (Å²) in [6, 6.07) is 2.08. The van der Waals surface area contributed by atoms with Crippen molar-refractivity contribution in [1.29, 1.82) is 0 Å². The summed E-state index contributed by atoms with van der Waals surface area (Å²) < 4.78 is 5.44. The van der Waals surface area contributed by atoms with E-state index in [1.807, 2.05) is 5.38 Å². The first kappa shape index (κ1) is 18.1. The quantitative estimate of drug-likeness (QED) is 0.753. The zero-order valence-electron chi connectivity index (χ0n) is 14.7. The molecule has 1 fully saturated rings. The summed E-state index contributed by atoms with van der Waals surface area (Å²) in [7, 11) is 0. The molecule has 25 heavy (non-hydrogen) atoms. The lowest BCUT2D eigenvalue weighted by Gasteiger charge is -2.31. The summed E-state index contributed by atoms with van der Waals surface area (Å²) in [5.41, 5.74) is 1.00. The van der Waals surface area contributed by atoms with Crippen molar-refractivity contribution < 1.29 is 9.32 Å². The molecule has 2 atom stereocenters. The summed E-state index contributed by atoms with van der Waals surface area (Å²) >= 11 is 1.45. The largest absolute Gasteiger partial charge is 0.361 e. The predicted molar refractivity (Wildman–Crippen MR) is 98.6 cm³/mol. The van der Waals surface area contributed by atoms with E-state index in [0.29, 0.717) is 23.4 Å². The van der Waals surface area contributed by atoms with Gasteiger partial charge in [-0.15, -0.1) is 11.3 Å². The number of hydrogen-bond acceptors (Lipinski definition) is 6. The number of amides is 1. The van der Waals surface area contributed by atoms with Gasteiger partial charge in [0.15, 0.2) is 5.13 Å². The van der Waals surface area contributed by atoms with Gasteiger partial charge in [-0.3, -0.25) is 4.79 Å². The zero-order valence-corrected chi connectivity index (χ0v) is 15.5. The van der Waals surface area contributed by atoms with Crippen molar-refractivity contribution in [2.75, 3.05) is 18.4 Å². The van der Waals surface area contributed by atoms with E-state index in [-0.39, 0.29) is 5.91 Å². The molecule has 6 nitrogen and oxygen atoms in total. The van der Waals surface area contributed by atoms with Gasteiger partial charge in [-0.05, 0) is 44.2 Å². The van der Waals surface area contributed by atoms with Crippen molar-refractivity contribution in [1.82, 2.24) is 15.5 Å². The van der Waals surface area contributed by atoms with E-state index in [4.69, 9.17) is 4.52 Å². The molecule has 7 heteroatoms. The monoisotopic (exact) mass is 362 g/mol. The predicted octanol–water partition coefficient (Wildman–Crippen LogP) is 3.27. The number of anilines is 1. The van der Waals surface area contributed by atoms with Crippen LogP contribution in [0.25, 0.3) is 0 Å². The van der Waals surface area contributed by atoms with Gasteiger partial charge in [-0.1, -0.05) is 18.5 Å². The zero-order chi connectivity index (χ0) is 17.5. The van der Waals surface area contributed by atoms with Gasteiger partial charge < -0.3 is 15.2 Å². The molecule has 0 bridgehead atoms. The number of nitrogens with zero attached hydrogens (tertiary/aromatic N) is 2. The second-order valence-corrected chi connectivity index (χ2v) is 7.59. The molecule has 0 radical (unpaired) electrons. The minimum absolute atomic E-state index is 0.0515. The third kappa shape index (κ3) is 5.37. The topological polar surface area (TPSA) is 80.0 Å². The first-order chi connectivity index (χ1) is 12.2. The number of carbonyl (C=O) groups is 1. The Kier molecular flexibility index (Phi) is 6.58. The molecule has 2 aromatic rings. The van der Waals surface area contributed by atoms with E-state index >= 15 is 0 Å². The van der Waals surface area contributed by atoms with Crippen molar-refractivity contribution >= 4 is 22.4 Å². The second kappa shape index (κ2) is 9.10. The van der Waals surface area contributed by atoms with Crippen LogP contribution >= 0.6 is 11.3 Å². The summed E-state index contributed by atoms with van der Waals surface area (Å²) in [6.45, 7) is 4.06. The number of aromatic nitrogens is 2. The molecule has 0 aromatic carbocycles. The molecule has 1 amide bonds. The summed E-state index contributed by atoms with van der Waals surface area (Å²) in [5.74, 6) is 1.78. The van der Waals surface area contributed by atoms with Gasteiger partial charge in [-0.25, -0.2) is 4.98 Å². The first-order valence-corrected chi connectivity index (χ1v) is 9.97. The molecule has 136 valence electrons. The molecule has 3 rings (SSSR count). The molecule has 0 saturated carbocycles. The maximum absolute atomic E-state index is 12.3. The molecule has 1 aliphatic rings. The van der Waals surface area contributed by atoms with Gasteiger partial charge in [0.2, 0.25) is 5.91 Å². The van der Waals surface area contributed by atoms with Crippen LogP contribution < -0.4 is 10.6 Å². The van der Waals surface area contributed by atoms with Crippen LogP contribution in [0.2, 0.25) is 0 Å². The molecule has 2 unspecified atom stereocenters. The normalized spacial score (nSPS) is 20.5. The first-order valence-electron chi connectivity index (χ1n) is 9.09. The molecule has 3 heterocycles. The summed E-state index contributed by atoms with van der Waals surface area (Å²) in [5, 5.41) is 13.1. The Labute approximate surface area is 152 Å². The summed E-state index contributed by atoms with van der Waals surface area (Å²) in [4.78, 5) is 16.4. The fraction of sp³-hybridized carbons (Fsp3) is 0.611. The Balaban J connectivity index is 1.55. The standard InChI is InChI=1S/C18H26N4O2S/c1-2-3-4-16-11-15(22-24-16)9-14-12-19-6-5-13(14)10-17(23)21-18-20-7-8-25-18/h7-8,11,13-14,19H,2-6,9-10,12H2,1H3,(H,20,21,23). The number of nitrogens with one attached hydrogen (secondary N) is 2. The highest BCUT2D eigenvalue weighted by molar-refractivity contribution is 7.13. The van der Waals surface area contributed by atoms with Crippen LogP contribution in [0.5, 0.6) is 0 Å². The summed E-state index contributed by atoms with van der Waals surface area (Å²) in [6.07, 6.45) is 7.33. The van der Waals surface area contributed by atoms with Crippen LogP contribution in [0, 0.1) is 11.8 Å². The Morgan fingerprint density at radius 2 is 2.40 bits per heavy atom. The Bertz CT molecular complexity index is 656. The van der Waals surface area contributed by atoms with Crippen LogP contribution in [0.3, 0.4) is 0 Å². The highest BCUT2D eigenvalue weighted by Crippen LogP contribution is 2.27. The van der Waals surface area contributed by atoms with E-state index in [1.165, 1.54) is 11.3 Å². The lowest BCUT2D eigenvalue weighted by molar-refractivity contribution is -0.117. The van der Waals surface area contributed by atoms with E-state index in [0.717, 1.165) is 56.6 Å². The van der Waals surface area contributed by atoms with Crippen molar-refractivity contribution in [3.8, 4) is 0 Å². The number of carbonyl (C=O) groups excluding carboxylic acids is 1. The van der Waals surface area contributed by atoms with Crippen molar-refractivity contribution in [2.24, 2.45) is 11.8 Å². The SMILES string of the molecule is CCCCc1cc(CC2CNCCC2CC(=O)Nc2nccs2)no1. The van der Waals surface area contributed by atoms with Crippen LogP contribution in [0.4, 0.5) is 5.13 Å². The van der Waals surface area contributed by atoms with Gasteiger partial charge in [0.25, 0.3) is 0 Å². The van der Waals surface area contributed by atoms with Crippen LogP contribution in [0.1, 0.15) is 44.1 Å². The van der Waals surface area contributed by atoms with E-state index in [1.54, 1.807) is 6.20 Å². The lowest BCUT2D eigenvalue weighted by atomic mass is 9.81. The minimum Gasteiger partial charge on any atom is -0.361 e. The average Bonchev–Trinajstić information content (AvgIpc) is 3.27. The van der Waals surface area contributed by atoms with E-state index in [9.17, 15) is 4.79 Å². The molecular formula is C18H26N4O2S. The maximum atomic E-state index is 12.3. The maximum Gasteiger partial charge on any atom is 0.226 e. The minimum atomic E-state index is 0.0515. The van der Waals surface area contributed by atoms with E-state index in [2.05, 4.69) is 33.8 Å². The highest BCUT2D eigenvalue weighted by Gasteiger charge is 2.28. The van der Waals surface area contributed by atoms with Gasteiger partial charge in [0, 0.05) is 30.5 Å². The second-order valence-electron chi connectivity index (χ2n) is 6.69. The molecular weight excluding hydrogens is 336 g/mol. The van der Waals surface area contributed by atoms with Crippen LogP contribution in [0.15, 0.2) is 22.2 Å². The lowest BCUT2D eigenvalue weighted by Crippen LogP contribution is -2.39. The van der Waals surface area contributed by atoms with E-state index < -0.39 is 0 Å². The average molecular weight is 362 g/mol. The number of unbranched alkanes of at least 4 members (excludes halogenated alkanes) is 1. The van der Waals surface area contributed by atoms with Gasteiger partial charge in [0.1, 0.15) is 5.76 Å². The van der Waals surface area contributed by atoms with Crippen molar-refractivity contribution in [2.45, 2.75) is 45.4 Å². The molecule has 2 N–H and O–H groups in total. The van der Waals surface area contributed by atoms with Crippen molar-refractivity contribution in [3.05, 3.63) is 29.1 Å². The van der Waals surface area contributed by atoms with Gasteiger partial charge in [-0.2, -0.15) is 0 Å². The molecule has 0 spiro atoms. The van der Waals surface area contributed by atoms with Gasteiger partial charge in [0.05, 0.1) is 5.69 Å². The third-order valence-electron chi connectivity index (χ3n) is 4.75. The fourth-order valence-electron chi connectivity index (χ4n) is 3.37. The number of thiazole rings is 1. The smallest absolute Gasteiger partial charge is 0.226 e.